The molecular formula is C15H18ClNOS. The van der Waals surface area contributed by atoms with Gasteiger partial charge in [0.1, 0.15) is 5.60 Å². The van der Waals surface area contributed by atoms with E-state index < -0.39 is 0 Å². The lowest BCUT2D eigenvalue weighted by molar-refractivity contribution is -0.107. The zero-order valence-electron chi connectivity index (χ0n) is 11.1. The predicted octanol–water partition coefficient (Wildman–Crippen LogP) is 3.29. The summed E-state index contributed by atoms with van der Waals surface area (Å²) in [4.78, 5) is 3.72. The van der Waals surface area contributed by atoms with Gasteiger partial charge in [0.05, 0.1) is 17.5 Å². The number of hydrogen-bond acceptors (Lipinski definition) is 3. The molecule has 0 saturated carbocycles. The Bertz CT molecular complexity index is 521. The molecule has 2 atom stereocenters. The van der Waals surface area contributed by atoms with Crippen molar-refractivity contribution in [2.24, 2.45) is 0 Å². The lowest BCUT2D eigenvalue weighted by Crippen LogP contribution is -2.50. The van der Waals surface area contributed by atoms with Gasteiger partial charge in [-0.2, -0.15) is 0 Å². The number of piperidine rings is 1. The number of ether oxygens (including phenoxy) is 1. The summed E-state index contributed by atoms with van der Waals surface area (Å²) < 4.78 is 7.10. The predicted molar refractivity (Wildman–Crippen MR) is 79.8 cm³/mol. The average Bonchev–Trinajstić information content (AvgIpc) is 2.76. The third-order valence-electron chi connectivity index (χ3n) is 4.29. The standard InChI is InChI=1S/C15H18ClNOS/c1-3-6-17-7-5-15(10-11(17)2)14-12(4-8-18-15)9-13(16)19-14/h1,9,11H,4-8,10H2,2H3. The Morgan fingerprint density at radius 2 is 2.53 bits per heavy atom. The quantitative estimate of drug-likeness (QED) is 0.737. The van der Waals surface area contributed by atoms with Crippen LogP contribution in [0.3, 0.4) is 0 Å². The Hall–Kier alpha value is -0.530. The van der Waals surface area contributed by atoms with E-state index in [1.54, 1.807) is 11.3 Å². The highest BCUT2D eigenvalue weighted by Gasteiger charge is 2.44. The monoisotopic (exact) mass is 295 g/mol. The number of fused-ring (bicyclic) bond motifs is 2. The summed E-state index contributed by atoms with van der Waals surface area (Å²) in [5.74, 6) is 2.75. The number of rotatable bonds is 1. The highest BCUT2D eigenvalue weighted by Crippen LogP contribution is 2.47. The smallest absolute Gasteiger partial charge is 0.105 e. The number of hydrogen-bond donors (Lipinski definition) is 0. The first kappa shape index (κ1) is 13.5. The largest absolute Gasteiger partial charge is 0.369 e. The molecule has 1 spiro atoms. The summed E-state index contributed by atoms with van der Waals surface area (Å²) in [7, 11) is 0. The second-order valence-corrected chi connectivity index (χ2v) is 7.16. The van der Waals surface area contributed by atoms with Crippen LogP contribution in [0, 0.1) is 12.3 Å². The number of terminal acetylenes is 1. The van der Waals surface area contributed by atoms with Crippen molar-refractivity contribution in [3.05, 3.63) is 20.8 Å². The molecule has 1 fully saturated rings. The second kappa shape index (κ2) is 5.10. The van der Waals surface area contributed by atoms with Crippen molar-refractivity contribution in [1.82, 2.24) is 4.90 Å². The zero-order chi connectivity index (χ0) is 13.5. The summed E-state index contributed by atoms with van der Waals surface area (Å²) >= 11 is 7.89. The molecule has 2 nitrogen and oxygen atoms in total. The first-order valence-electron chi connectivity index (χ1n) is 6.75. The van der Waals surface area contributed by atoms with Gasteiger partial charge in [-0.25, -0.2) is 0 Å². The molecule has 19 heavy (non-hydrogen) atoms. The first-order valence-corrected chi connectivity index (χ1v) is 7.94. The molecule has 2 aliphatic heterocycles. The topological polar surface area (TPSA) is 12.5 Å². The molecule has 0 bridgehead atoms. The van der Waals surface area contributed by atoms with Gasteiger partial charge in [0.25, 0.3) is 0 Å². The molecule has 102 valence electrons. The van der Waals surface area contributed by atoms with E-state index in [4.69, 9.17) is 22.8 Å². The molecule has 1 aromatic rings. The van der Waals surface area contributed by atoms with Gasteiger partial charge >= 0.3 is 0 Å². The molecule has 2 unspecified atom stereocenters. The lowest BCUT2D eigenvalue weighted by atomic mass is 9.82. The maximum atomic E-state index is 6.22. The Labute approximate surface area is 123 Å². The molecule has 0 N–H and O–H groups in total. The summed E-state index contributed by atoms with van der Waals surface area (Å²) in [6.07, 6.45) is 8.45. The fraction of sp³-hybridized carbons (Fsp3) is 0.600. The van der Waals surface area contributed by atoms with Gasteiger partial charge in [0.15, 0.2) is 0 Å². The van der Waals surface area contributed by atoms with E-state index in [2.05, 4.69) is 23.8 Å². The Morgan fingerprint density at radius 3 is 3.26 bits per heavy atom. The van der Waals surface area contributed by atoms with Crippen LogP contribution in [0.2, 0.25) is 4.34 Å². The zero-order valence-corrected chi connectivity index (χ0v) is 12.7. The minimum atomic E-state index is -0.115. The molecule has 3 rings (SSSR count). The molecule has 3 heterocycles. The van der Waals surface area contributed by atoms with Crippen LogP contribution in [0.25, 0.3) is 0 Å². The third-order valence-corrected chi connectivity index (χ3v) is 5.78. The minimum absolute atomic E-state index is 0.115. The van der Waals surface area contributed by atoms with Gasteiger partial charge in [0.2, 0.25) is 0 Å². The van der Waals surface area contributed by atoms with Crippen molar-refractivity contribution in [3.63, 3.8) is 0 Å². The van der Waals surface area contributed by atoms with Crippen molar-refractivity contribution >= 4 is 22.9 Å². The van der Waals surface area contributed by atoms with Crippen LogP contribution >= 0.6 is 22.9 Å². The summed E-state index contributed by atoms with van der Waals surface area (Å²) in [6, 6.07) is 2.57. The number of likely N-dealkylation sites (tertiary alicyclic amines) is 1. The van der Waals surface area contributed by atoms with E-state index in [1.165, 1.54) is 10.4 Å². The first-order chi connectivity index (χ1) is 9.14. The van der Waals surface area contributed by atoms with Crippen LogP contribution in [-0.2, 0) is 16.8 Å². The Kier molecular flexibility index (Phi) is 3.61. The summed E-state index contributed by atoms with van der Waals surface area (Å²) in [5, 5.41) is 0. The van der Waals surface area contributed by atoms with Crippen LogP contribution in [0.5, 0.6) is 0 Å². The van der Waals surface area contributed by atoms with E-state index in [9.17, 15) is 0 Å². The highest BCUT2D eigenvalue weighted by atomic mass is 35.5. The van der Waals surface area contributed by atoms with Gasteiger partial charge in [-0.1, -0.05) is 17.5 Å². The number of halogens is 1. The van der Waals surface area contributed by atoms with Crippen molar-refractivity contribution in [2.45, 2.75) is 37.8 Å². The number of thiophene rings is 1. The minimum Gasteiger partial charge on any atom is -0.369 e. The van der Waals surface area contributed by atoms with Gasteiger partial charge in [-0.05, 0) is 37.8 Å². The summed E-state index contributed by atoms with van der Waals surface area (Å²) in [5.41, 5.74) is 1.27. The molecule has 0 amide bonds. The average molecular weight is 296 g/mol. The molecule has 0 aromatic carbocycles. The maximum Gasteiger partial charge on any atom is 0.105 e. The van der Waals surface area contributed by atoms with Gasteiger partial charge in [-0.15, -0.1) is 17.8 Å². The second-order valence-electron chi connectivity index (χ2n) is 5.48. The molecule has 1 saturated heterocycles. The van der Waals surface area contributed by atoms with Crippen LogP contribution in [0.15, 0.2) is 6.07 Å². The van der Waals surface area contributed by atoms with Crippen LogP contribution < -0.4 is 0 Å². The van der Waals surface area contributed by atoms with E-state index >= 15 is 0 Å². The molecule has 0 aliphatic carbocycles. The summed E-state index contributed by atoms with van der Waals surface area (Å²) in [6.45, 7) is 4.78. The van der Waals surface area contributed by atoms with Crippen molar-refractivity contribution < 1.29 is 4.74 Å². The van der Waals surface area contributed by atoms with Crippen molar-refractivity contribution in [2.75, 3.05) is 19.7 Å². The van der Waals surface area contributed by atoms with Crippen molar-refractivity contribution in [3.8, 4) is 12.3 Å². The lowest BCUT2D eigenvalue weighted by Gasteiger charge is -2.46. The maximum absolute atomic E-state index is 6.22. The van der Waals surface area contributed by atoms with Gasteiger partial charge < -0.3 is 4.74 Å². The van der Waals surface area contributed by atoms with E-state index in [1.807, 2.05) is 0 Å². The fourth-order valence-electron chi connectivity index (χ4n) is 3.33. The Morgan fingerprint density at radius 1 is 1.68 bits per heavy atom. The van der Waals surface area contributed by atoms with Gasteiger partial charge in [-0.3, -0.25) is 4.90 Å². The molecule has 1 aromatic heterocycles. The third kappa shape index (κ3) is 2.32. The van der Waals surface area contributed by atoms with Crippen LogP contribution in [0.4, 0.5) is 0 Å². The fourth-order valence-corrected chi connectivity index (χ4v) is 4.81. The van der Waals surface area contributed by atoms with E-state index in [-0.39, 0.29) is 5.60 Å². The van der Waals surface area contributed by atoms with Crippen molar-refractivity contribution in [1.29, 1.82) is 0 Å². The molecule has 4 heteroatoms. The molecular weight excluding hydrogens is 278 g/mol. The normalized spacial score (nSPS) is 31.1. The van der Waals surface area contributed by atoms with Crippen LogP contribution in [0.1, 0.15) is 30.2 Å². The SMILES string of the molecule is C#CCN1CCC2(CC1C)OCCc1cc(Cl)sc12. The van der Waals surface area contributed by atoms with E-state index in [0.717, 1.165) is 43.3 Å². The van der Waals surface area contributed by atoms with Crippen LogP contribution in [-0.4, -0.2) is 30.6 Å². The molecule has 2 aliphatic rings. The molecule has 0 radical (unpaired) electrons. The van der Waals surface area contributed by atoms with Gasteiger partial charge in [0, 0.05) is 17.5 Å². The highest BCUT2D eigenvalue weighted by molar-refractivity contribution is 7.16. The Balaban J connectivity index is 1.88. The number of nitrogens with zero attached hydrogens (tertiary/aromatic N) is 1. The van der Waals surface area contributed by atoms with E-state index in [0.29, 0.717) is 6.04 Å².